The summed E-state index contributed by atoms with van der Waals surface area (Å²) in [7, 11) is 0. The molecule has 0 radical (unpaired) electrons. The summed E-state index contributed by atoms with van der Waals surface area (Å²) in [6.07, 6.45) is 0. The number of benzene rings is 1. The summed E-state index contributed by atoms with van der Waals surface area (Å²) >= 11 is 0. The van der Waals surface area contributed by atoms with Gasteiger partial charge in [0.05, 0.1) is 0 Å². The van der Waals surface area contributed by atoms with Gasteiger partial charge in [-0.25, -0.2) is 8.78 Å². The average molecular weight is 256 g/mol. The van der Waals surface area contributed by atoms with Gasteiger partial charge in [0.1, 0.15) is 17.7 Å². The van der Waals surface area contributed by atoms with Crippen molar-refractivity contribution in [3.05, 3.63) is 35.4 Å². The molecule has 0 aliphatic heterocycles. The number of nitrogens with two attached hydrogens (primary N) is 1. The topological polar surface area (TPSA) is 72.2 Å². The van der Waals surface area contributed by atoms with E-state index >= 15 is 0 Å². The first kappa shape index (κ1) is 14.1. The highest BCUT2D eigenvalue weighted by Crippen LogP contribution is 2.09. The highest BCUT2D eigenvalue weighted by molar-refractivity contribution is 5.97. The summed E-state index contributed by atoms with van der Waals surface area (Å²) in [5.74, 6) is -3.38. The third-order valence-corrected chi connectivity index (χ3v) is 2.38. The number of carbonyl (C=O) groups excluding carboxylic acids is 2. The standard InChI is InChI=1S/C12H14F2N2O2/c1-6(2)10(11(15)17)16-12(18)7-3-8(13)5-9(14)4-7/h3-6,10H,1-2H3,(H2,15,17)(H,16,18)/t10-/m1/s1. The molecular formula is C12H14F2N2O2. The molecule has 4 nitrogen and oxygen atoms in total. The molecular weight excluding hydrogens is 242 g/mol. The van der Waals surface area contributed by atoms with E-state index in [-0.39, 0.29) is 11.5 Å². The number of hydrogen-bond acceptors (Lipinski definition) is 2. The van der Waals surface area contributed by atoms with Crippen molar-refractivity contribution in [3.8, 4) is 0 Å². The van der Waals surface area contributed by atoms with Gasteiger partial charge in [0.25, 0.3) is 5.91 Å². The summed E-state index contributed by atoms with van der Waals surface area (Å²) in [5, 5.41) is 2.34. The highest BCUT2D eigenvalue weighted by Gasteiger charge is 2.22. The molecule has 0 aromatic heterocycles. The van der Waals surface area contributed by atoms with Crippen molar-refractivity contribution in [2.75, 3.05) is 0 Å². The lowest BCUT2D eigenvalue weighted by atomic mass is 10.0. The van der Waals surface area contributed by atoms with Crippen LogP contribution in [0.1, 0.15) is 24.2 Å². The Morgan fingerprint density at radius 2 is 1.67 bits per heavy atom. The van der Waals surface area contributed by atoms with Gasteiger partial charge in [-0.05, 0) is 18.1 Å². The first-order valence-electron chi connectivity index (χ1n) is 5.37. The number of carbonyl (C=O) groups is 2. The first-order chi connectivity index (χ1) is 8.31. The van der Waals surface area contributed by atoms with Gasteiger partial charge in [-0.3, -0.25) is 9.59 Å². The quantitative estimate of drug-likeness (QED) is 0.849. The van der Waals surface area contributed by atoms with Gasteiger partial charge < -0.3 is 11.1 Å². The normalized spacial score (nSPS) is 12.3. The fraction of sp³-hybridized carbons (Fsp3) is 0.333. The predicted octanol–water partition coefficient (Wildman–Crippen LogP) is 1.20. The van der Waals surface area contributed by atoms with Crippen LogP contribution in [-0.2, 0) is 4.79 Å². The van der Waals surface area contributed by atoms with Gasteiger partial charge in [-0.1, -0.05) is 13.8 Å². The predicted molar refractivity (Wildman–Crippen MR) is 61.6 cm³/mol. The molecule has 0 saturated carbocycles. The molecule has 0 heterocycles. The Morgan fingerprint density at radius 1 is 1.17 bits per heavy atom. The Balaban J connectivity index is 2.90. The third-order valence-electron chi connectivity index (χ3n) is 2.38. The van der Waals surface area contributed by atoms with E-state index in [2.05, 4.69) is 5.32 Å². The molecule has 1 atom stereocenters. The second kappa shape index (κ2) is 5.57. The lowest BCUT2D eigenvalue weighted by Crippen LogP contribution is -2.47. The van der Waals surface area contributed by atoms with Gasteiger partial charge in [0.15, 0.2) is 0 Å². The van der Waals surface area contributed by atoms with E-state index < -0.39 is 29.5 Å². The average Bonchev–Trinajstić information content (AvgIpc) is 2.23. The van der Waals surface area contributed by atoms with Gasteiger partial charge >= 0.3 is 0 Å². The number of hydrogen-bond donors (Lipinski definition) is 2. The molecule has 6 heteroatoms. The van der Waals surface area contributed by atoms with Crippen molar-refractivity contribution in [1.29, 1.82) is 0 Å². The lowest BCUT2D eigenvalue weighted by Gasteiger charge is -2.18. The SMILES string of the molecule is CC(C)[C@@H](NC(=O)c1cc(F)cc(F)c1)C(N)=O. The molecule has 1 aromatic carbocycles. The number of primary amides is 1. The Bertz CT molecular complexity index is 455. The number of nitrogens with one attached hydrogen (secondary N) is 1. The van der Waals surface area contributed by atoms with Crippen LogP contribution in [0.3, 0.4) is 0 Å². The van der Waals surface area contributed by atoms with Crippen LogP contribution in [0.5, 0.6) is 0 Å². The van der Waals surface area contributed by atoms with E-state index in [9.17, 15) is 18.4 Å². The van der Waals surface area contributed by atoms with E-state index in [0.29, 0.717) is 6.07 Å². The lowest BCUT2D eigenvalue weighted by molar-refractivity contribution is -0.120. The van der Waals surface area contributed by atoms with E-state index in [4.69, 9.17) is 5.73 Å². The molecule has 0 aliphatic rings. The van der Waals surface area contributed by atoms with Crippen molar-refractivity contribution in [1.82, 2.24) is 5.32 Å². The van der Waals surface area contributed by atoms with Crippen LogP contribution in [0.25, 0.3) is 0 Å². The van der Waals surface area contributed by atoms with Gasteiger partial charge in [-0.2, -0.15) is 0 Å². The summed E-state index contributed by atoms with van der Waals surface area (Å²) in [4.78, 5) is 22.8. The minimum absolute atomic E-state index is 0.195. The van der Waals surface area contributed by atoms with Crippen LogP contribution in [0.4, 0.5) is 8.78 Å². The summed E-state index contributed by atoms with van der Waals surface area (Å²) in [6, 6.07) is 1.54. The number of amides is 2. The Kier molecular flexibility index (Phi) is 4.36. The zero-order chi connectivity index (χ0) is 13.9. The number of rotatable bonds is 4. The van der Waals surface area contributed by atoms with Crippen molar-refractivity contribution in [2.24, 2.45) is 11.7 Å². The fourth-order valence-corrected chi connectivity index (χ4v) is 1.48. The largest absolute Gasteiger partial charge is 0.368 e. The molecule has 1 aromatic rings. The zero-order valence-electron chi connectivity index (χ0n) is 10.0. The minimum Gasteiger partial charge on any atom is -0.368 e. The second-order valence-electron chi connectivity index (χ2n) is 4.26. The van der Waals surface area contributed by atoms with Crippen molar-refractivity contribution in [3.63, 3.8) is 0 Å². The fourth-order valence-electron chi connectivity index (χ4n) is 1.48. The Hall–Kier alpha value is -1.98. The molecule has 18 heavy (non-hydrogen) atoms. The smallest absolute Gasteiger partial charge is 0.252 e. The van der Waals surface area contributed by atoms with Crippen LogP contribution >= 0.6 is 0 Å². The van der Waals surface area contributed by atoms with Gasteiger partial charge in [0.2, 0.25) is 5.91 Å². The van der Waals surface area contributed by atoms with Gasteiger partial charge in [-0.15, -0.1) is 0 Å². The Labute approximate surface area is 103 Å². The summed E-state index contributed by atoms with van der Waals surface area (Å²) < 4.78 is 25.9. The van der Waals surface area contributed by atoms with E-state index in [0.717, 1.165) is 12.1 Å². The maximum atomic E-state index is 12.9. The monoisotopic (exact) mass is 256 g/mol. The molecule has 3 N–H and O–H groups in total. The van der Waals surface area contributed by atoms with Crippen molar-refractivity contribution in [2.45, 2.75) is 19.9 Å². The maximum absolute atomic E-state index is 12.9. The van der Waals surface area contributed by atoms with Crippen LogP contribution < -0.4 is 11.1 Å². The van der Waals surface area contributed by atoms with Crippen LogP contribution in [-0.4, -0.2) is 17.9 Å². The molecule has 0 unspecified atom stereocenters. The van der Waals surface area contributed by atoms with Gasteiger partial charge in [0, 0.05) is 11.6 Å². The molecule has 0 saturated heterocycles. The molecule has 0 bridgehead atoms. The maximum Gasteiger partial charge on any atom is 0.252 e. The summed E-state index contributed by atoms with van der Waals surface area (Å²) in [5.41, 5.74) is 4.93. The number of halogens is 2. The van der Waals surface area contributed by atoms with Crippen molar-refractivity contribution < 1.29 is 18.4 Å². The molecule has 2 amide bonds. The summed E-state index contributed by atoms with van der Waals surface area (Å²) in [6.45, 7) is 3.39. The van der Waals surface area contributed by atoms with E-state index in [1.807, 2.05) is 0 Å². The van der Waals surface area contributed by atoms with E-state index in [1.165, 1.54) is 0 Å². The van der Waals surface area contributed by atoms with E-state index in [1.54, 1.807) is 13.8 Å². The molecule has 98 valence electrons. The van der Waals surface area contributed by atoms with Crippen LogP contribution in [0.15, 0.2) is 18.2 Å². The first-order valence-corrected chi connectivity index (χ1v) is 5.37. The molecule has 1 rings (SSSR count). The highest BCUT2D eigenvalue weighted by atomic mass is 19.1. The van der Waals surface area contributed by atoms with Crippen LogP contribution in [0, 0.1) is 17.6 Å². The molecule has 0 fully saturated rings. The Morgan fingerprint density at radius 3 is 2.06 bits per heavy atom. The molecule has 0 aliphatic carbocycles. The third kappa shape index (κ3) is 3.51. The van der Waals surface area contributed by atoms with Crippen molar-refractivity contribution >= 4 is 11.8 Å². The second-order valence-corrected chi connectivity index (χ2v) is 4.26. The minimum atomic E-state index is -0.885. The van der Waals surface area contributed by atoms with Crippen LogP contribution in [0.2, 0.25) is 0 Å². The molecule has 0 spiro atoms. The zero-order valence-corrected chi connectivity index (χ0v) is 10.0.